The molecule has 0 aromatic carbocycles. The number of hydrogen-bond donors (Lipinski definition) is 1. The summed E-state index contributed by atoms with van der Waals surface area (Å²) in [6.45, 7) is 6.47. The van der Waals surface area contributed by atoms with Crippen molar-refractivity contribution in [1.29, 1.82) is 5.41 Å². The van der Waals surface area contributed by atoms with E-state index in [0.29, 0.717) is 5.92 Å². The summed E-state index contributed by atoms with van der Waals surface area (Å²) >= 11 is 1.85. The molecule has 66 valence electrons. The van der Waals surface area contributed by atoms with Gasteiger partial charge in [-0.2, -0.15) is 11.8 Å². The zero-order valence-corrected chi connectivity index (χ0v) is 8.63. The van der Waals surface area contributed by atoms with E-state index in [1.807, 2.05) is 11.8 Å². The van der Waals surface area contributed by atoms with E-state index in [1.54, 1.807) is 0 Å². The van der Waals surface area contributed by atoms with Gasteiger partial charge < -0.3 is 5.41 Å². The maximum Gasteiger partial charge on any atom is 0.0314 e. The number of rotatable bonds is 6. The topological polar surface area (TPSA) is 23.9 Å². The van der Waals surface area contributed by atoms with Gasteiger partial charge in [0.15, 0.2) is 0 Å². The third-order valence-electron chi connectivity index (χ3n) is 1.78. The van der Waals surface area contributed by atoms with Crippen LogP contribution in [0.15, 0.2) is 0 Å². The molecule has 0 rings (SSSR count). The summed E-state index contributed by atoms with van der Waals surface area (Å²) in [5.74, 6) is 2.55. The van der Waals surface area contributed by atoms with Crippen molar-refractivity contribution in [3.63, 3.8) is 0 Å². The third kappa shape index (κ3) is 5.31. The molecule has 0 bridgehead atoms. The van der Waals surface area contributed by atoms with Crippen LogP contribution in [0.1, 0.15) is 33.6 Å². The van der Waals surface area contributed by atoms with E-state index in [-0.39, 0.29) is 0 Å². The van der Waals surface area contributed by atoms with Crippen LogP contribution in [0.5, 0.6) is 0 Å². The summed E-state index contributed by atoms with van der Waals surface area (Å²) < 4.78 is 0. The molecule has 0 aromatic heterocycles. The van der Waals surface area contributed by atoms with Crippen LogP contribution in [-0.4, -0.2) is 17.2 Å². The molecule has 0 aliphatic carbocycles. The minimum atomic E-state index is 0.499. The zero-order chi connectivity index (χ0) is 8.69. The zero-order valence-electron chi connectivity index (χ0n) is 7.81. The quantitative estimate of drug-likeness (QED) is 0.613. The first-order valence-corrected chi connectivity index (χ1v) is 5.52. The van der Waals surface area contributed by atoms with Crippen LogP contribution in [0.3, 0.4) is 0 Å². The Morgan fingerprint density at radius 1 is 1.45 bits per heavy atom. The summed E-state index contributed by atoms with van der Waals surface area (Å²) in [6.07, 6.45) is 2.36. The molecule has 0 fully saturated rings. The van der Waals surface area contributed by atoms with Crippen LogP contribution < -0.4 is 0 Å². The molecule has 0 amide bonds. The van der Waals surface area contributed by atoms with Crippen molar-refractivity contribution in [2.45, 2.75) is 33.6 Å². The Hall–Kier alpha value is 0.0200. The first-order chi connectivity index (χ1) is 5.22. The SMILES string of the molecule is CCCC(C)C(=N)CSCC. The summed E-state index contributed by atoms with van der Waals surface area (Å²) in [7, 11) is 0. The highest BCUT2D eigenvalue weighted by atomic mass is 32.2. The predicted molar refractivity (Wildman–Crippen MR) is 54.8 cm³/mol. The highest BCUT2D eigenvalue weighted by Gasteiger charge is 2.06. The molecule has 2 heteroatoms. The molecule has 0 spiro atoms. The predicted octanol–water partition coefficient (Wildman–Crippen LogP) is 3.20. The van der Waals surface area contributed by atoms with Crippen LogP contribution in [0.2, 0.25) is 0 Å². The van der Waals surface area contributed by atoms with Crippen LogP contribution in [0, 0.1) is 11.3 Å². The van der Waals surface area contributed by atoms with Crippen molar-refractivity contribution in [3.05, 3.63) is 0 Å². The molecule has 0 radical (unpaired) electrons. The maximum atomic E-state index is 7.68. The lowest BCUT2D eigenvalue weighted by atomic mass is 10.0. The Kier molecular flexibility index (Phi) is 6.73. The lowest BCUT2D eigenvalue weighted by molar-refractivity contribution is 0.662. The number of nitrogens with one attached hydrogen (secondary N) is 1. The molecule has 1 N–H and O–H groups in total. The maximum absolute atomic E-state index is 7.68. The van der Waals surface area contributed by atoms with Crippen molar-refractivity contribution < 1.29 is 0 Å². The van der Waals surface area contributed by atoms with Crippen molar-refractivity contribution >= 4 is 17.5 Å². The lowest BCUT2D eigenvalue weighted by Gasteiger charge is -2.10. The van der Waals surface area contributed by atoms with Gasteiger partial charge in [-0.05, 0) is 18.1 Å². The van der Waals surface area contributed by atoms with Gasteiger partial charge in [-0.3, -0.25) is 0 Å². The van der Waals surface area contributed by atoms with Gasteiger partial charge in [0.1, 0.15) is 0 Å². The average molecular weight is 173 g/mol. The summed E-state index contributed by atoms with van der Waals surface area (Å²) in [5.41, 5.74) is 0.915. The number of hydrogen-bond acceptors (Lipinski definition) is 2. The van der Waals surface area contributed by atoms with E-state index < -0.39 is 0 Å². The summed E-state index contributed by atoms with van der Waals surface area (Å²) in [6, 6.07) is 0. The fourth-order valence-corrected chi connectivity index (χ4v) is 1.67. The van der Waals surface area contributed by atoms with Crippen LogP contribution in [0.25, 0.3) is 0 Å². The van der Waals surface area contributed by atoms with Crippen LogP contribution >= 0.6 is 11.8 Å². The molecule has 1 atom stereocenters. The minimum Gasteiger partial charge on any atom is -0.309 e. The lowest BCUT2D eigenvalue weighted by Crippen LogP contribution is -2.12. The molecule has 11 heavy (non-hydrogen) atoms. The number of thioether (sulfide) groups is 1. The van der Waals surface area contributed by atoms with Gasteiger partial charge in [0.25, 0.3) is 0 Å². The first-order valence-electron chi connectivity index (χ1n) is 4.37. The first kappa shape index (κ1) is 11.0. The van der Waals surface area contributed by atoms with Gasteiger partial charge in [0, 0.05) is 11.5 Å². The highest BCUT2D eigenvalue weighted by Crippen LogP contribution is 2.10. The fraction of sp³-hybridized carbons (Fsp3) is 0.889. The second kappa shape index (κ2) is 6.71. The monoisotopic (exact) mass is 173 g/mol. The molecule has 0 saturated carbocycles. The second-order valence-corrected chi connectivity index (χ2v) is 4.13. The largest absolute Gasteiger partial charge is 0.309 e. The van der Waals surface area contributed by atoms with E-state index >= 15 is 0 Å². The fourth-order valence-electron chi connectivity index (χ4n) is 0.962. The van der Waals surface area contributed by atoms with Crippen LogP contribution in [0.4, 0.5) is 0 Å². The van der Waals surface area contributed by atoms with E-state index in [2.05, 4.69) is 20.8 Å². The molecular weight excluding hydrogens is 154 g/mol. The Morgan fingerprint density at radius 3 is 2.55 bits per heavy atom. The summed E-state index contributed by atoms with van der Waals surface area (Å²) in [5, 5.41) is 7.68. The van der Waals surface area contributed by atoms with Crippen molar-refractivity contribution in [3.8, 4) is 0 Å². The smallest absolute Gasteiger partial charge is 0.0314 e. The Labute approximate surface area is 74.5 Å². The second-order valence-electron chi connectivity index (χ2n) is 2.85. The summed E-state index contributed by atoms with van der Waals surface area (Å²) in [4.78, 5) is 0. The normalized spacial score (nSPS) is 13.0. The van der Waals surface area contributed by atoms with E-state index in [1.165, 1.54) is 12.8 Å². The van der Waals surface area contributed by atoms with Gasteiger partial charge in [-0.1, -0.05) is 27.2 Å². The molecule has 0 heterocycles. The molecule has 1 nitrogen and oxygen atoms in total. The van der Waals surface area contributed by atoms with Gasteiger partial charge in [0.2, 0.25) is 0 Å². The Balaban J connectivity index is 3.47. The van der Waals surface area contributed by atoms with E-state index in [0.717, 1.165) is 17.2 Å². The van der Waals surface area contributed by atoms with Gasteiger partial charge in [0.05, 0.1) is 0 Å². The molecule has 0 aromatic rings. The third-order valence-corrected chi connectivity index (χ3v) is 2.70. The molecule has 0 aliphatic rings. The van der Waals surface area contributed by atoms with Crippen molar-refractivity contribution in [2.24, 2.45) is 5.92 Å². The molecule has 0 saturated heterocycles. The van der Waals surface area contributed by atoms with E-state index in [4.69, 9.17) is 5.41 Å². The molecule has 1 unspecified atom stereocenters. The van der Waals surface area contributed by atoms with Crippen molar-refractivity contribution in [2.75, 3.05) is 11.5 Å². The highest BCUT2D eigenvalue weighted by molar-refractivity contribution is 7.99. The van der Waals surface area contributed by atoms with Crippen molar-refractivity contribution in [1.82, 2.24) is 0 Å². The molecule has 0 aliphatic heterocycles. The Bertz CT molecular complexity index is 112. The minimum absolute atomic E-state index is 0.499. The standard InChI is InChI=1S/C9H19NS/c1-4-6-8(3)9(10)7-11-5-2/h8,10H,4-7H2,1-3H3. The van der Waals surface area contributed by atoms with Crippen LogP contribution in [-0.2, 0) is 0 Å². The van der Waals surface area contributed by atoms with E-state index in [9.17, 15) is 0 Å². The van der Waals surface area contributed by atoms with Gasteiger partial charge in [-0.25, -0.2) is 0 Å². The van der Waals surface area contributed by atoms with Gasteiger partial charge >= 0.3 is 0 Å². The van der Waals surface area contributed by atoms with Gasteiger partial charge in [-0.15, -0.1) is 0 Å². The molecular formula is C9H19NS. The Morgan fingerprint density at radius 2 is 2.09 bits per heavy atom. The average Bonchev–Trinajstić information content (AvgIpc) is 2.00.